The first-order valence-electron chi connectivity index (χ1n) is 6.24. The van der Waals surface area contributed by atoms with Crippen molar-refractivity contribution >= 4 is 28.6 Å². The molecule has 0 aliphatic rings. The third-order valence-corrected chi connectivity index (χ3v) is 3.99. The van der Waals surface area contributed by atoms with Gasteiger partial charge >= 0.3 is 0 Å². The highest BCUT2D eigenvalue weighted by Crippen LogP contribution is 2.31. The lowest BCUT2D eigenvalue weighted by Gasteiger charge is -2.10. The van der Waals surface area contributed by atoms with E-state index in [1.54, 1.807) is 25.1 Å². The van der Waals surface area contributed by atoms with Gasteiger partial charge in [0.25, 0.3) is 11.6 Å². The Hall–Kier alpha value is -2.61. The summed E-state index contributed by atoms with van der Waals surface area (Å²) >= 11 is 1.08. The van der Waals surface area contributed by atoms with Crippen LogP contribution in [0.4, 0.5) is 11.4 Å². The first-order valence-corrected chi connectivity index (χ1v) is 7.06. The van der Waals surface area contributed by atoms with E-state index in [0.717, 1.165) is 11.3 Å². The molecule has 1 heterocycles. The van der Waals surface area contributed by atoms with Crippen molar-refractivity contribution in [3.63, 3.8) is 0 Å². The standard InChI is InChI=1S/C14H14N2O5S/c1-8-10(16(18)19)7-13(22-8)14(17)15-9-4-5-11(20-2)12(6-9)21-3/h4-7H,1-3H3,(H,15,17). The molecule has 2 rings (SSSR count). The number of nitrogens with one attached hydrogen (secondary N) is 1. The zero-order chi connectivity index (χ0) is 16.3. The van der Waals surface area contributed by atoms with E-state index in [-0.39, 0.29) is 10.6 Å². The molecule has 0 unspecified atom stereocenters. The topological polar surface area (TPSA) is 90.7 Å². The molecule has 1 aromatic carbocycles. The number of carbonyl (C=O) groups excluding carboxylic acids is 1. The Morgan fingerprint density at radius 2 is 1.91 bits per heavy atom. The molecule has 7 nitrogen and oxygen atoms in total. The average molecular weight is 322 g/mol. The van der Waals surface area contributed by atoms with Crippen molar-refractivity contribution in [3.05, 3.63) is 44.1 Å². The van der Waals surface area contributed by atoms with Crippen LogP contribution in [-0.2, 0) is 0 Å². The molecule has 1 amide bonds. The van der Waals surface area contributed by atoms with Gasteiger partial charge in [0.15, 0.2) is 11.5 Å². The first kappa shape index (κ1) is 15.8. The molecule has 22 heavy (non-hydrogen) atoms. The SMILES string of the molecule is COc1ccc(NC(=O)c2cc([N+](=O)[O-])c(C)s2)cc1OC. The van der Waals surface area contributed by atoms with Crippen LogP contribution in [0, 0.1) is 17.0 Å². The Morgan fingerprint density at radius 3 is 2.45 bits per heavy atom. The number of aryl methyl sites for hydroxylation is 1. The number of benzene rings is 1. The van der Waals surface area contributed by atoms with Gasteiger partial charge in [-0.2, -0.15) is 0 Å². The van der Waals surface area contributed by atoms with Crippen molar-refractivity contribution < 1.29 is 19.2 Å². The zero-order valence-electron chi connectivity index (χ0n) is 12.2. The molecular formula is C14H14N2O5S. The second-order valence-corrected chi connectivity index (χ2v) is 5.59. The summed E-state index contributed by atoms with van der Waals surface area (Å²) in [4.78, 5) is 23.2. The van der Waals surface area contributed by atoms with Gasteiger partial charge in [-0.05, 0) is 19.1 Å². The maximum Gasteiger partial charge on any atom is 0.283 e. The number of nitrogens with zero attached hydrogens (tertiary/aromatic N) is 1. The highest BCUT2D eigenvalue weighted by Gasteiger charge is 2.19. The second-order valence-electron chi connectivity index (χ2n) is 4.33. The number of thiophene rings is 1. The summed E-state index contributed by atoms with van der Waals surface area (Å²) in [7, 11) is 3.01. The molecule has 0 aliphatic heterocycles. The number of anilines is 1. The number of nitro groups is 1. The Labute approximate surface area is 130 Å². The summed E-state index contributed by atoms with van der Waals surface area (Å²) in [5.41, 5.74) is 0.457. The molecule has 1 N–H and O–H groups in total. The highest BCUT2D eigenvalue weighted by atomic mass is 32.1. The molecule has 0 bridgehead atoms. The number of methoxy groups -OCH3 is 2. The summed E-state index contributed by atoms with van der Waals surface area (Å²) in [6.07, 6.45) is 0. The van der Waals surface area contributed by atoms with Crippen molar-refractivity contribution in [1.29, 1.82) is 0 Å². The minimum absolute atomic E-state index is 0.0533. The van der Waals surface area contributed by atoms with Crippen LogP contribution in [0.25, 0.3) is 0 Å². The van der Waals surface area contributed by atoms with Crippen LogP contribution >= 0.6 is 11.3 Å². The number of carbonyl (C=O) groups is 1. The predicted molar refractivity (Wildman–Crippen MR) is 83.2 cm³/mol. The lowest BCUT2D eigenvalue weighted by atomic mass is 10.2. The summed E-state index contributed by atoms with van der Waals surface area (Å²) in [6, 6.07) is 6.21. The maximum atomic E-state index is 12.2. The van der Waals surface area contributed by atoms with E-state index in [4.69, 9.17) is 9.47 Å². The van der Waals surface area contributed by atoms with Crippen LogP contribution in [0.3, 0.4) is 0 Å². The molecule has 0 aliphatic carbocycles. The van der Waals surface area contributed by atoms with Gasteiger partial charge in [-0.3, -0.25) is 14.9 Å². The minimum Gasteiger partial charge on any atom is -0.493 e. The second kappa shape index (κ2) is 6.44. The van der Waals surface area contributed by atoms with Crippen LogP contribution in [0.15, 0.2) is 24.3 Å². The van der Waals surface area contributed by atoms with Crippen LogP contribution in [0.2, 0.25) is 0 Å². The van der Waals surface area contributed by atoms with Gasteiger partial charge in [0.2, 0.25) is 0 Å². The third-order valence-electron chi connectivity index (χ3n) is 2.95. The quantitative estimate of drug-likeness (QED) is 0.674. The number of ether oxygens (including phenoxy) is 2. The number of hydrogen-bond acceptors (Lipinski definition) is 6. The fourth-order valence-corrected chi connectivity index (χ4v) is 2.75. The predicted octanol–water partition coefficient (Wildman–Crippen LogP) is 3.23. The smallest absolute Gasteiger partial charge is 0.283 e. The molecule has 0 saturated heterocycles. The zero-order valence-corrected chi connectivity index (χ0v) is 13.0. The molecule has 0 atom stereocenters. The van der Waals surface area contributed by atoms with Crippen molar-refractivity contribution in [2.75, 3.05) is 19.5 Å². The molecule has 0 saturated carbocycles. The van der Waals surface area contributed by atoms with Crippen molar-refractivity contribution in [2.24, 2.45) is 0 Å². The van der Waals surface area contributed by atoms with E-state index < -0.39 is 10.8 Å². The van der Waals surface area contributed by atoms with E-state index in [9.17, 15) is 14.9 Å². The fourth-order valence-electron chi connectivity index (χ4n) is 1.87. The van der Waals surface area contributed by atoms with Gasteiger partial charge in [-0.25, -0.2) is 0 Å². The Balaban J connectivity index is 2.22. The van der Waals surface area contributed by atoms with E-state index in [2.05, 4.69) is 5.32 Å². The molecular weight excluding hydrogens is 308 g/mol. The lowest BCUT2D eigenvalue weighted by Crippen LogP contribution is -2.10. The van der Waals surface area contributed by atoms with Gasteiger partial charge in [0, 0.05) is 17.8 Å². The van der Waals surface area contributed by atoms with Gasteiger partial charge < -0.3 is 14.8 Å². The number of rotatable bonds is 5. The fraction of sp³-hybridized carbons (Fsp3) is 0.214. The Bertz CT molecular complexity index is 726. The number of amides is 1. The molecule has 116 valence electrons. The van der Waals surface area contributed by atoms with E-state index in [1.165, 1.54) is 20.3 Å². The summed E-state index contributed by atoms with van der Waals surface area (Å²) in [6.45, 7) is 1.61. The van der Waals surface area contributed by atoms with Crippen molar-refractivity contribution in [1.82, 2.24) is 0 Å². The minimum atomic E-state index is -0.501. The highest BCUT2D eigenvalue weighted by molar-refractivity contribution is 7.14. The largest absolute Gasteiger partial charge is 0.493 e. The number of hydrogen-bond donors (Lipinski definition) is 1. The van der Waals surface area contributed by atoms with Crippen LogP contribution < -0.4 is 14.8 Å². The molecule has 0 spiro atoms. The van der Waals surface area contributed by atoms with Crippen LogP contribution in [0.5, 0.6) is 11.5 Å². The average Bonchev–Trinajstić information content (AvgIpc) is 2.89. The lowest BCUT2D eigenvalue weighted by molar-refractivity contribution is -0.385. The third kappa shape index (κ3) is 3.17. The van der Waals surface area contributed by atoms with E-state index in [1.807, 2.05) is 0 Å². The normalized spacial score (nSPS) is 10.1. The Kier molecular flexibility index (Phi) is 4.62. The summed E-state index contributed by atoms with van der Waals surface area (Å²) in [5.74, 6) is 0.616. The summed E-state index contributed by atoms with van der Waals surface area (Å²) < 4.78 is 10.3. The molecule has 0 fully saturated rings. The van der Waals surface area contributed by atoms with Gasteiger partial charge in [-0.15, -0.1) is 11.3 Å². The summed E-state index contributed by atoms with van der Waals surface area (Å²) in [5, 5.41) is 13.5. The van der Waals surface area contributed by atoms with Crippen LogP contribution in [-0.4, -0.2) is 25.1 Å². The van der Waals surface area contributed by atoms with Gasteiger partial charge in [0.05, 0.1) is 28.9 Å². The Morgan fingerprint density at radius 1 is 1.23 bits per heavy atom. The van der Waals surface area contributed by atoms with E-state index in [0.29, 0.717) is 22.1 Å². The van der Waals surface area contributed by atoms with Crippen molar-refractivity contribution in [3.8, 4) is 11.5 Å². The molecule has 1 aromatic heterocycles. The molecule has 8 heteroatoms. The van der Waals surface area contributed by atoms with Crippen molar-refractivity contribution in [2.45, 2.75) is 6.92 Å². The van der Waals surface area contributed by atoms with Gasteiger partial charge in [0.1, 0.15) is 0 Å². The molecule has 0 radical (unpaired) electrons. The maximum absolute atomic E-state index is 12.2. The monoisotopic (exact) mass is 322 g/mol. The van der Waals surface area contributed by atoms with E-state index >= 15 is 0 Å². The van der Waals surface area contributed by atoms with Crippen LogP contribution in [0.1, 0.15) is 14.5 Å². The molecule has 2 aromatic rings. The van der Waals surface area contributed by atoms with Gasteiger partial charge in [-0.1, -0.05) is 0 Å². The first-order chi connectivity index (χ1) is 10.5.